The van der Waals surface area contributed by atoms with Crippen LogP contribution >= 0.6 is 0 Å². The number of hydrogen-bond donors (Lipinski definition) is 3. The van der Waals surface area contributed by atoms with Crippen LogP contribution in [0.25, 0.3) is 11.3 Å². The number of halogens is 1. The lowest BCUT2D eigenvalue weighted by Crippen LogP contribution is -2.22. The molecular weight excluding hydrogens is 319 g/mol. The first-order valence-electron chi connectivity index (χ1n) is 8.99. The number of anilines is 1. The Morgan fingerprint density at radius 1 is 1.28 bits per heavy atom. The maximum atomic E-state index is 14.1. The summed E-state index contributed by atoms with van der Waals surface area (Å²) in [6.45, 7) is 5.30. The summed E-state index contributed by atoms with van der Waals surface area (Å²) >= 11 is 0. The molecule has 0 atom stereocenters. The minimum Gasteiger partial charge on any atom is -0.396 e. The van der Waals surface area contributed by atoms with Crippen LogP contribution < -0.4 is 5.32 Å². The van der Waals surface area contributed by atoms with E-state index in [0.717, 1.165) is 49.1 Å². The molecule has 2 aromatic rings. The topological polar surface area (TPSA) is 73.8 Å². The van der Waals surface area contributed by atoms with E-state index < -0.39 is 5.95 Å². The molecule has 0 spiro atoms. The highest BCUT2D eigenvalue weighted by Crippen LogP contribution is 2.45. The first-order chi connectivity index (χ1) is 11.9. The molecule has 0 unspecified atom stereocenters. The van der Waals surface area contributed by atoms with Gasteiger partial charge < -0.3 is 10.4 Å². The van der Waals surface area contributed by atoms with Crippen molar-refractivity contribution >= 4 is 5.82 Å². The van der Waals surface area contributed by atoms with Crippen LogP contribution in [-0.4, -0.2) is 33.4 Å². The van der Waals surface area contributed by atoms with Gasteiger partial charge in [-0.3, -0.25) is 5.10 Å². The van der Waals surface area contributed by atoms with Crippen LogP contribution in [0.2, 0.25) is 0 Å². The fraction of sp³-hybridized carbons (Fsp3) is 0.579. The maximum absolute atomic E-state index is 14.1. The molecule has 3 N–H and O–H groups in total. The van der Waals surface area contributed by atoms with Crippen molar-refractivity contribution in [2.24, 2.45) is 10.8 Å². The van der Waals surface area contributed by atoms with E-state index in [4.69, 9.17) is 0 Å². The average Bonchev–Trinajstić information content (AvgIpc) is 3.24. The van der Waals surface area contributed by atoms with Gasteiger partial charge in [0, 0.05) is 34.8 Å². The summed E-state index contributed by atoms with van der Waals surface area (Å²) in [4.78, 5) is 3.95. The number of fused-ring (bicyclic) bond motifs is 1. The summed E-state index contributed by atoms with van der Waals surface area (Å²) in [6.07, 6.45) is 5.02. The smallest absolute Gasteiger partial charge is 0.215 e. The molecule has 25 heavy (non-hydrogen) atoms. The van der Waals surface area contributed by atoms with Gasteiger partial charge in [-0.05, 0) is 43.6 Å². The van der Waals surface area contributed by atoms with Crippen LogP contribution in [0, 0.1) is 16.8 Å². The van der Waals surface area contributed by atoms with E-state index in [1.54, 1.807) is 0 Å². The number of H-pyrrole nitrogens is 1. The van der Waals surface area contributed by atoms with Gasteiger partial charge in [-0.15, -0.1) is 0 Å². The lowest BCUT2D eigenvalue weighted by molar-refractivity contribution is 0.219. The third-order valence-electron chi connectivity index (χ3n) is 5.66. The highest BCUT2D eigenvalue weighted by Gasteiger charge is 2.41. The molecule has 0 saturated heterocycles. The lowest BCUT2D eigenvalue weighted by atomic mass is 9.76. The Kier molecular flexibility index (Phi) is 3.83. The molecule has 4 rings (SSSR count). The molecule has 2 heterocycles. The number of rotatable bonds is 5. The van der Waals surface area contributed by atoms with E-state index in [1.807, 2.05) is 6.07 Å². The van der Waals surface area contributed by atoms with E-state index in [-0.39, 0.29) is 17.4 Å². The maximum Gasteiger partial charge on any atom is 0.215 e. The summed E-state index contributed by atoms with van der Waals surface area (Å²) in [7, 11) is 0. The zero-order valence-corrected chi connectivity index (χ0v) is 14.8. The minimum atomic E-state index is -0.512. The standard InChI is InChI=1S/C19H25FN4O/c1-18(2)4-3-13-14(9-18)23-24-17(13)12-7-15(20)22-16(8-12)21-10-19(11-25)5-6-19/h7-8,25H,3-6,9-11H2,1-2H3,(H,21,22)(H,23,24). The molecule has 2 aliphatic rings. The molecule has 1 fully saturated rings. The molecule has 0 amide bonds. The lowest BCUT2D eigenvalue weighted by Gasteiger charge is -2.29. The van der Waals surface area contributed by atoms with Crippen LogP contribution in [-0.2, 0) is 12.8 Å². The summed E-state index contributed by atoms with van der Waals surface area (Å²) in [5, 5.41) is 20.2. The van der Waals surface area contributed by atoms with Crippen molar-refractivity contribution < 1.29 is 9.50 Å². The SMILES string of the molecule is CC1(C)CCc2c(-c3cc(F)nc(NCC4(CO)CC4)c3)n[nH]c2C1. The Hall–Kier alpha value is -1.95. The van der Waals surface area contributed by atoms with E-state index in [1.165, 1.54) is 11.6 Å². The number of hydrogen-bond acceptors (Lipinski definition) is 4. The molecule has 0 aliphatic heterocycles. The quantitative estimate of drug-likeness (QED) is 0.728. The zero-order chi connectivity index (χ0) is 17.7. The summed E-state index contributed by atoms with van der Waals surface area (Å²) in [5.74, 6) is -0.00986. The Balaban J connectivity index is 1.60. The first kappa shape index (κ1) is 16.5. The minimum absolute atomic E-state index is 0.0504. The average molecular weight is 344 g/mol. The summed E-state index contributed by atoms with van der Waals surface area (Å²) in [5.41, 5.74) is 4.17. The molecule has 134 valence electrons. The summed E-state index contributed by atoms with van der Waals surface area (Å²) in [6, 6.07) is 3.30. The number of aliphatic hydroxyl groups excluding tert-OH is 1. The zero-order valence-electron chi connectivity index (χ0n) is 14.8. The molecule has 0 aromatic carbocycles. The first-order valence-corrected chi connectivity index (χ1v) is 8.99. The van der Waals surface area contributed by atoms with Crippen molar-refractivity contribution in [1.29, 1.82) is 0 Å². The predicted molar refractivity (Wildman–Crippen MR) is 94.8 cm³/mol. The van der Waals surface area contributed by atoms with Crippen molar-refractivity contribution in [2.75, 3.05) is 18.5 Å². The number of nitrogens with one attached hydrogen (secondary N) is 2. The third-order valence-corrected chi connectivity index (χ3v) is 5.66. The molecule has 0 radical (unpaired) electrons. The van der Waals surface area contributed by atoms with Gasteiger partial charge in [0.1, 0.15) is 5.82 Å². The highest BCUT2D eigenvalue weighted by molar-refractivity contribution is 5.67. The van der Waals surface area contributed by atoms with Gasteiger partial charge in [0.05, 0.1) is 12.3 Å². The van der Waals surface area contributed by atoms with E-state index >= 15 is 0 Å². The van der Waals surface area contributed by atoms with Crippen LogP contribution in [0.1, 0.15) is 44.4 Å². The number of aromatic amines is 1. The van der Waals surface area contributed by atoms with Crippen LogP contribution in [0.3, 0.4) is 0 Å². The molecule has 2 aromatic heterocycles. The Morgan fingerprint density at radius 2 is 2.08 bits per heavy atom. The Morgan fingerprint density at radius 3 is 2.80 bits per heavy atom. The van der Waals surface area contributed by atoms with Gasteiger partial charge in [0.15, 0.2) is 0 Å². The normalized spacial score (nSPS) is 20.2. The predicted octanol–water partition coefficient (Wildman–Crippen LogP) is 3.31. The second-order valence-electron chi connectivity index (χ2n) is 8.45. The van der Waals surface area contributed by atoms with Gasteiger partial charge in [-0.2, -0.15) is 9.49 Å². The van der Waals surface area contributed by atoms with Gasteiger partial charge in [-0.25, -0.2) is 4.98 Å². The fourth-order valence-corrected chi connectivity index (χ4v) is 3.66. The number of aromatic nitrogens is 3. The van der Waals surface area contributed by atoms with Crippen molar-refractivity contribution in [3.8, 4) is 11.3 Å². The second-order valence-corrected chi connectivity index (χ2v) is 8.45. The Bertz CT molecular complexity index is 795. The molecule has 5 nitrogen and oxygen atoms in total. The molecule has 0 bridgehead atoms. The van der Waals surface area contributed by atoms with Gasteiger partial charge in [0.2, 0.25) is 5.95 Å². The van der Waals surface area contributed by atoms with E-state index in [9.17, 15) is 9.50 Å². The third kappa shape index (κ3) is 3.27. The van der Waals surface area contributed by atoms with E-state index in [0.29, 0.717) is 12.4 Å². The van der Waals surface area contributed by atoms with Crippen molar-refractivity contribution in [3.63, 3.8) is 0 Å². The van der Waals surface area contributed by atoms with Crippen LogP contribution in [0.15, 0.2) is 12.1 Å². The van der Waals surface area contributed by atoms with Crippen LogP contribution in [0.4, 0.5) is 10.2 Å². The number of pyridine rings is 1. The van der Waals surface area contributed by atoms with Crippen molar-refractivity contribution in [2.45, 2.75) is 46.0 Å². The number of nitrogens with zero attached hydrogens (tertiary/aromatic N) is 2. The van der Waals surface area contributed by atoms with Crippen molar-refractivity contribution in [3.05, 3.63) is 29.3 Å². The van der Waals surface area contributed by atoms with E-state index in [2.05, 4.69) is 34.3 Å². The molecule has 6 heteroatoms. The molecular formula is C19H25FN4O. The molecule has 1 saturated carbocycles. The van der Waals surface area contributed by atoms with Crippen molar-refractivity contribution in [1.82, 2.24) is 15.2 Å². The second kappa shape index (κ2) is 5.80. The van der Waals surface area contributed by atoms with Gasteiger partial charge in [0.25, 0.3) is 0 Å². The summed E-state index contributed by atoms with van der Waals surface area (Å²) < 4.78 is 14.1. The number of aliphatic hydroxyl groups is 1. The Labute approximate surface area is 147 Å². The highest BCUT2D eigenvalue weighted by atomic mass is 19.1. The molecule has 2 aliphatic carbocycles. The van der Waals surface area contributed by atoms with Crippen LogP contribution in [0.5, 0.6) is 0 Å². The monoisotopic (exact) mass is 344 g/mol. The van der Waals surface area contributed by atoms with Gasteiger partial charge in [-0.1, -0.05) is 13.8 Å². The fourth-order valence-electron chi connectivity index (χ4n) is 3.66. The largest absolute Gasteiger partial charge is 0.396 e. The van der Waals surface area contributed by atoms with Gasteiger partial charge >= 0.3 is 0 Å².